The van der Waals surface area contributed by atoms with Crippen molar-refractivity contribution in [1.29, 1.82) is 0 Å². The minimum atomic E-state index is 0.478. The average molecular weight is 472 g/mol. The first-order valence-electron chi connectivity index (χ1n) is 11.4. The third-order valence-corrected chi connectivity index (χ3v) is 6.93. The van der Waals surface area contributed by atoms with E-state index in [4.69, 9.17) is 9.97 Å². The number of aromatic nitrogens is 2. The fraction of sp³-hybridized carbons (Fsp3) is 0.583. The number of nitrogens with zero attached hydrogens (tertiary/aromatic N) is 3. The molecular weight excluding hydrogens is 438 g/mol. The van der Waals surface area contributed by atoms with Gasteiger partial charge in [-0.15, -0.1) is 0 Å². The number of anilines is 2. The number of benzene rings is 1. The minimum Gasteiger partial charge on any atom is -0.362 e. The van der Waals surface area contributed by atoms with Crippen LogP contribution in [0.2, 0.25) is 0 Å². The van der Waals surface area contributed by atoms with E-state index in [0.29, 0.717) is 12.1 Å². The van der Waals surface area contributed by atoms with E-state index in [9.17, 15) is 0 Å². The number of fused-ring (bicyclic) bond motifs is 1. The van der Waals surface area contributed by atoms with Crippen molar-refractivity contribution in [2.75, 3.05) is 30.9 Å². The summed E-state index contributed by atoms with van der Waals surface area (Å²) in [4.78, 5) is 11.9. The largest absolute Gasteiger partial charge is 0.362 e. The van der Waals surface area contributed by atoms with Gasteiger partial charge in [0.05, 0.1) is 5.69 Å². The highest BCUT2D eigenvalue weighted by molar-refractivity contribution is 9.10. The first-order valence-corrected chi connectivity index (χ1v) is 12.2. The number of halogens is 1. The number of hydrogen-bond acceptors (Lipinski definition) is 5. The third kappa shape index (κ3) is 5.52. The Labute approximate surface area is 189 Å². The van der Waals surface area contributed by atoms with E-state index in [1.807, 2.05) is 0 Å². The maximum absolute atomic E-state index is 4.89. The van der Waals surface area contributed by atoms with Gasteiger partial charge in [-0.05, 0) is 82.0 Å². The summed E-state index contributed by atoms with van der Waals surface area (Å²) in [7, 11) is 4.18. The van der Waals surface area contributed by atoms with Crippen LogP contribution in [0.3, 0.4) is 0 Å². The molecule has 1 aromatic carbocycles. The molecule has 0 amide bonds. The van der Waals surface area contributed by atoms with Crippen LogP contribution in [-0.2, 0) is 19.3 Å². The molecule has 2 N–H and O–H groups in total. The lowest BCUT2D eigenvalue weighted by Gasteiger charge is -2.30. The standard InChI is InChI=1S/C24H34BrN5/c1-30(2)23-21-5-3-4-6-22(21)28-24(29-23)27-20-13-11-19(12-14-20)26-16-15-17-7-9-18(25)10-8-17/h7-10,19-20,26H,3-6,11-16H2,1-2H3,(H,27,28,29)/t19-,20+. The molecule has 1 heterocycles. The molecule has 1 aromatic heterocycles. The van der Waals surface area contributed by atoms with Crippen LogP contribution in [-0.4, -0.2) is 42.7 Å². The summed E-state index contributed by atoms with van der Waals surface area (Å²) in [6.45, 7) is 1.05. The zero-order valence-corrected chi connectivity index (χ0v) is 19.8. The Bertz CT molecular complexity index is 828. The molecule has 162 valence electrons. The molecule has 0 radical (unpaired) electrons. The molecule has 6 heteroatoms. The van der Waals surface area contributed by atoms with E-state index in [1.54, 1.807) is 0 Å². The number of rotatable bonds is 7. The first-order chi connectivity index (χ1) is 14.6. The van der Waals surface area contributed by atoms with E-state index in [2.05, 4.69) is 69.8 Å². The molecule has 1 fully saturated rings. The molecule has 0 atom stereocenters. The van der Waals surface area contributed by atoms with Crippen molar-refractivity contribution in [3.8, 4) is 0 Å². The summed E-state index contributed by atoms with van der Waals surface area (Å²) in [5.41, 5.74) is 4.00. The topological polar surface area (TPSA) is 53.1 Å². The number of nitrogens with one attached hydrogen (secondary N) is 2. The Morgan fingerprint density at radius 3 is 2.40 bits per heavy atom. The van der Waals surface area contributed by atoms with Crippen molar-refractivity contribution in [3.05, 3.63) is 45.6 Å². The van der Waals surface area contributed by atoms with Crippen molar-refractivity contribution < 1.29 is 0 Å². The molecule has 4 rings (SSSR count). The van der Waals surface area contributed by atoms with Crippen LogP contribution in [0.25, 0.3) is 0 Å². The zero-order valence-electron chi connectivity index (χ0n) is 18.3. The maximum Gasteiger partial charge on any atom is 0.225 e. The van der Waals surface area contributed by atoms with Crippen LogP contribution in [0.4, 0.5) is 11.8 Å². The van der Waals surface area contributed by atoms with Gasteiger partial charge in [0.25, 0.3) is 0 Å². The highest BCUT2D eigenvalue weighted by Gasteiger charge is 2.23. The van der Waals surface area contributed by atoms with Crippen LogP contribution in [0.15, 0.2) is 28.7 Å². The summed E-state index contributed by atoms with van der Waals surface area (Å²) in [6, 6.07) is 9.75. The number of aryl methyl sites for hydroxylation is 1. The quantitative estimate of drug-likeness (QED) is 0.610. The van der Waals surface area contributed by atoms with Crippen LogP contribution >= 0.6 is 15.9 Å². The van der Waals surface area contributed by atoms with Gasteiger partial charge >= 0.3 is 0 Å². The molecule has 0 spiro atoms. The highest BCUT2D eigenvalue weighted by atomic mass is 79.9. The van der Waals surface area contributed by atoms with Gasteiger partial charge in [0.15, 0.2) is 0 Å². The average Bonchev–Trinajstić information content (AvgIpc) is 2.76. The van der Waals surface area contributed by atoms with Gasteiger partial charge in [-0.1, -0.05) is 28.1 Å². The van der Waals surface area contributed by atoms with E-state index in [0.717, 1.165) is 42.0 Å². The molecule has 5 nitrogen and oxygen atoms in total. The maximum atomic E-state index is 4.89. The molecule has 2 aliphatic carbocycles. The summed E-state index contributed by atoms with van der Waals surface area (Å²) in [5, 5.41) is 7.41. The molecule has 1 saturated carbocycles. The van der Waals surface area contributed by atoms with Gasteiger partial charge in [0, 0.05) is 36.2 Å². The first kappa shape index (κ1) is 21.6. The normalized spacial score (nSPS) is 21.2. The van der Waals surface area contributed by atoms with Crippen molar-refractivity contribution in [1.82, 2.24) is 15.3 Å². The van der Waals surface area contributed by atoms with Crippen LogP contribution in [0.5, 0.6) is 0 Å². The molecule has 30 heavy (non-hydrogen) atoms. The zero-order chi connectivity index (χ0) is 20.9. The lowest BCUT2D eigenvalue weighted by molar-refractivity contribution is 0.355. The van der Waals surface area contributed by atoms with Crippen molar-refractivity contribution >= 4 is 27.7 Å². The second-order valence-corrected chi connectivity index (χ2v) is 9.84. The van der Waals surface area contributed by atoms with Crippen LogP contribution in [0.1, 0.15) is 55.3 Å². The lowest BCUT2D eigenvalue weighted by Crippen LogP contribution is -2.38. The monoisotopic (exact) mass is 471 g/mol. The second kappa shape index (κ2) is 10.1. The Morgan fingerprint density at radius 2 is 1.67 bits per heavy atom. The molecular formula is C24H34BrN5. The van der Waals surface area contributed by atoms with Gasteiger partial charge in [0.2, 0.25) is 5.95 Å². The van der Waals surface area contributed by atoms with Crippen molar-refractivity contribution in [3.63, 3.8) is 0 Å². The highest BCUT2D eigenvalue weighted by Crippen LogP contribution is 2.29. The fourth-order valence-corrected chi connectivity index (χ4v) is 4.97. The summed E-state index contributed by atoms with van der Waals surface area (Å²) in [6.07, 6.45) is 10.6. The second-order valence-electron chi connectivity index (χ2n) is 8.92. The van der Waals surface area contributed by atoms with E-state index in [1.165, 1.54) is 55.3 Å². The molecule has 0 unspecified atom stereocenters. The summed E-state index contributed by atoms with van der Waals surface area (Å²) in [5.74, 6) is 1.93. The van der Waals surface area contributed by atoms with Crippen molar-refractivity contribution in [2.24, 2.45) is 0 Å². The number of hydrogen-bond donors (Lipinski definition) is 2. The fourth-order valence-electron chi connectivity index (χ4n) is 4.70. The minimum absolute atomic E-state index is 0.478. The molecule has 0 saturated heterocycles. The van der Waals surface area contributed by atoms with Crippen LogP contribution in [0, 0.1) is 0 Å². The Morgan fingerprint density at radius 1 is 0.967 bits per heavy atom. The van der Waals surface area contributed by atoms with Gasteiger partial charge in [0.1, 0.15) is 5.82 Å². The SMILES string of the molecule is CN(C)c1nc(N[C@H]2CC[C@@H](NCCc3ccc(Br)cc3)CC2)nc2c1CCCC2. The Balaban J connectivity index is 1.26. The van der Waals surface area contributed by atoms with Crippen LogP contribution < -0.4 is 15.5 Å². The van der Waals surface area contributed by atoms with E-state index in [-0.39, 0.29) is 0 Å². The Kier molecular flexibility index (Phi) is 7.26. The smallest absolute Gasteiger partial charge is 0.225 e. The Hall–Kier alpha value is -1.66. The summed E-state index contributed by atoms with van der Waals surface area (Å²) < 4.78 is 1.14. The van der Waals surface area contributed by atoms with E-state index < -0.39 is 0 Å². The van der Waals surface area contributed by atoms with Gasteiger partial charge < -0.3 is 15.5 Å². The van der Waals surface area contributed by atoms with Crippen molar-refractivity contribution in [2.45, 2.75) is 69.9 Å². The molecule has 0 aliphatic heterocycles. The molecule has 2 aliphatic rings. The molecule has 0 bridgehead atoms. The molecule has 2 aromatic rings. The third-order valence-electron chi connectivity index (χ3n) is 6.41. The predicted molar refractivity (Wildman–Crippen MR) is 129 cm³/mol. The lowest BCUT2D eigenvalue weighted by atomic mass is 9.91. The van der Waals surface area contributed by atoms with Gasteiger partial charge in [-0.2, -0.15) is 4.98 Å². The van der Waals surface area contributed by atoms with Gasteiger partial charge in [-0.25, -0.2) is 4.98 Å². The summed E-state index contributed by atoms with van der Waals surface area (Å²) >= 11 is 3.50. The van der Waals surface area contributed by atoms with Gasteiger partial charge in [-0.3, -0.25) is 0 Å². The van der Waals surface area contributed by atoms with E-state index >= 15 is 0 Å². The predicted octanol–water partition coefficient (Wildman–Crippen LogP) is 4.74.